The number of benzene rings is 3. The number of esters is 1. The number of amides is 1. The molecule has 31 heavy (non-hydrogen) atoms. The Hall–Kier alpha value is -3.56. The van der Waals surface area contributed by atoms with Gasteiger partial charge in [0.05, 0.1) is 16.7 Å². The standard InChI is InChI=1S/C21H13BrClN3O5/c22-16-5-10-19(31-21(28)14-1-6-17(23)7-2-14)15(11-16)12-24-25-20(27)13-3-8-18(9-4-13)26(29)30/h1-12H,(H,25,27)/b24-12-. The van der Waals surface area contributed by atoms with E-state index < -0.39 is 16.8 Å². The molecule has 10 heteroatoms. The lowest BCUT2D eigenvalue weighted by Crippen LogP contribution is -2.17. The van der Waals surface area contributed by atoms with Gasteiger partial charge in [-0.25, -0.2) is 10.2 Å². The summed E-state index contributed by atoms with van der Waals surface area (Å²) in [6.07, 6.45) is 1.32. The van der Waals surface area contributed by atoms with Gasteiger partial charge in [0, 0.05) is 32.8 Å². The maximum atomic E-state index is 12.4. The number of halogens is 2. The van der Waals surface area contributed by atoms with Crippen LogP contribution < -0.4 is 10.2 Å². The fraction of sp³-hybridized carbons (Fsp3) is 0. The third kappa shape index (κ3) is 5.97. The van der Waals surface area contributed by atoms with E-state index in [0.717, 1.165) is 0 Å². The Morgan fingerprint density at radius 2 is 1.68 bits per heavy atom. The zero-order valence-electron chi connectivity index (χ0n) is 15.6. The predicted octanol–water partition coefficient (Wildman–Crippen LogP) is 4.99. The second-order valence-corrected chi connectivity index (χ2v) is 7.43. The van der Waals surface area contributed by atoms with Crippen LogP contribution in [0.4, 0.5) is 5.69 Å². The third-order valence-corrected chi connectivity index (χ3v) is 4.71. The van der Waals surface area contributed by atoms with Crippen LogP contribution in [0.5, 0.6) is 5.75 Å². The van der Waals surface area contributed by atoms with Crippen LogP contribution in [-0.2, 0) is 0 Å². The van der Waals surface area contributed by atoms with E-state index in [0.29, 0.717) is 20.6 Å². The monoisotopic (exact) mass is 501 g/mol. The molecule has 0 fully saturated rings. The van der Waals surface area contributed by atoms with Crippen molar-refractivity contribution in [2.45, 2.75) is 0 Å². The first kappa shape index (κ1) is 22.1. The minimum absolute atomic E-state index is 0.124. The van der Waals surface area contributed by atoms with Crippen molar-refractivity contribution in [1.29, 1.82) is 0 Å². The lowest BCUT2D eigenvalue weighted by atomic mass is 10.2. The molecule has 0 atom stereocenters. The van der Waals surface area contributed by atoms with Gasteiger partial charge in [-0.1, -0.05) is 27.5 Å². The Bertz CT molecular complexity index is 1160. The summed E-state index contributed by atoms with van der Waals surface area (Å²) >= 11 is 9.16. The summed E-state index contributed by atoms with van der Waals surface area (Å²) in [5, 5.41) is 15.1. The summed E-state index contributed by atoms with van der Waals surface area (Å²) < 4.78 is 6.14. The van der Waals surface area contributed by atoms with Gasteiger partial charge < -0.3 is 4.74 Å². The minimum Gasteiger partial charge on any atom is -0.422 e. The Labute approximate surface area is 189 Å². The Balaban J connectivity index is 1.71. The van der Waals surface area contributed by atoms with E-state index in [1.54, 1.807) is 42.5 Å². The summed E-state index contributed by atoms with van der Waals surface area (Å²) in [5.74, 6) is -0.902. The minimum atomic E-state index is -0.580. The largest absolute Gasteiger partial charge is 0.422 e. The van der Waals surface area contributed by atoms with Gasteiger partial charge >= 0.3 is 5.97 Å². The summed E-state index contributed by atoms with van der Waals surface area (Å²) in [6, 6.07) is 16.3. The Morgan fingerprint density at radius 1 is 1.03 bits per heavy atom. The van der Waals surface area contributed by atoms with Crippen molar-refractivity contribution >= 4 is 51.3 Å². The molecule has 0 radical (unpaired) electrons. The van der Waals surface area contributed by atoms with Gasteiger partial charge in [-0.05, 0) is 54.6 Å². The fourth-order valence-corrected chi connectivity index (χ4v) is 2.92. The van der Waals surface area contributed by atoms with E-state index in [1.807, 2.05) is 0 Å². The van der Waals surface area contributed by atoms with E-state index in [-0.39, 0.29) is 17.0 Å². The molecule has 0 spiro atoms. The second kappa shape index (κ2) is 9.96. The number of hydrogen-bond donors (Lipinski definition) is 1. The van der Waals surface area contributed by atoms with Crippen molar-refractivity contribution in [1.82, 2.24) is 5.43 Å². The molecule has 0 saturated carbocycles. The van der Waals surface area contributed by atoms with Crippen molar-refractivity contribution in [3.8, 4) is 5.75 Å². The molecule has 0 aliphatic rings. The van der Waals surface area contributed by atoms with E-state index in [9.17, 15) is 19.7 Å². The molecule has 0 heterocycles. The first-order valence-corrected chi connectivity index (χ1v) is 9.86. The van der Waals surface area contributed by atoms with Crippen molar-refractivity contribution < 1.29 is 19.2 Å². The van der Waals surface area contributed by atoms with Crippen LogP contribution in [0.15, 0.2) is 76.3 Å². The molecule has 0 bridgehead atoms. The molecule has 8 nitrogen and oxygen atoms in total. The highest BCUT2D eigenvalue weighted by Gasteiger charge is 2.12. The van der Waals surface area contributed by atoms with Gasteiger partial charge in [-0.2, -0.15) is 5.10 Å². The van der Waals surface area contributed by atoms with Crippen LogP contribution in [0.1, 0.15) is 26.3 Å². The molecular weight excluding hydrogens is 490 g/mol. The molecule has 0 unspecified atom stereocenters. The zero-order valence-corrected chi connectivity index (χ0v) is 18.0. The number of non-ortho nitro benzene ring substituents is 1. The molecule has 1 amide bonds. The van der Waals surface area contributed by atoms with E-state index in [1.165, 1.54) is 30.5 Å². The zero-order chi connectivity index (χ0) is 22.4. The van der Waals surface area contributed by atoms with E-state index >= 15 is 0 Å². The van der Waals surface area contributed by atoms with Crippen molar-refractivity contribution in [2.75, 3.05) is 0 Å². The van der Waals surface area contributed by atoms with E-state index in [4.69, 9.17) is 16.3 Å². The van der Waals surface area contributed by atoms with Crippen LogP contribution in [0.2, 0.25) is 5.02 Å². The normalized spacial score (nSPS) is 10.6. The molecule has 3 aromatic rings. The molecule has 1 N–H and O–H groups in total. The lowest BCUT2D eigenvalue weighted by Gasteiger charge is -2.08. The molecule has 0 aliphatic carbocycles. The van der Waals surface area contributed by atoms with Gasteiger partial charge in [0.1, 0.15) is 5.75 Å². The number of carbonyl (C=O) groups excluding carboxylic acids is 2. The summed E-state index contributed by atoms with van der Waals surface area (Å²) in [6.45, 7) is 0. The lowest BCUT2D eigenvalue weighted by molar-refractivity contribution is -0.384. The first-order valence-electron chi connectivity index (χ1n) is 8.68. The number of nitro groups is 1. The predicted molar refractivity (Wildman–Crippen MR) is 119 cm³/mol. The van der Waals surface area contributed by atoms with Crippen LogP contribution in [0.3, 0.4) is 0 Å². The highest BCUT2D eigenvalue weighted by Crippen LogP contribution is 2.23. The third-order valence-electron chi connectivity index (χ3n) is 3.96. The first-order chi connectivity index (χ1) is 14.8. The average molecular weight is 503 g/mol. The SMILES string of the molecule is O=C(N/N=C\c1cc(Br)ccc1OC(=O)c1ccc(Cl)cc1)c1ccc([N+](=O)[O-])cc1. The maximum absolute atomic E-state index is 12.4. The van der Waals surface area contributed by atoms with Gasteiger partial charge in [0.25, 0.3) is 11.6 Å². The number of ether oxygens (including phenoxy) is 1. The fourth-order valence-electron chi connectivity index (χ4n) is 2.42. The molecule has 3 aromatic carbocycles. The second-order valence-electron chi connectivity index (χ2n) is 6.08. The topological polar surface area (TPSA) is 111 Å². The van der Waals surface area contributed by atoms with Gasteiger partial charge in [0.15, 0.2) is 0 Å². The van der Waals surface area contributed by atoms with Crippen LogP contribution in [-0.4, -0.2) is 23.0 Å². The van der Waals surface area contributed by atoms with Crippen LogP contribution in [0, 0.1) is 10.1 Å². The average Bonchev–Trinajstić information content (AvgIpc) is 2.76. The molecular formula is C21H13BrClN3O5. The molecule has 3 rings (SSSR count). The van der Waals surface area contributed by atoms with Crippen molar-refractivity contribution in [3.05, 3.63) is 103 Å². The number of nitro benzene ring substituents is 1. The molecule has 0 saturated heterocycles. The highest BCUT2D eigenvalue weighted by atomic mass is 79.9. The quantitative estimate of drug-likeness (QED) is 0.168. The maximum Gasteiger partial charge on any atom is 0.343 e. The van der Waals surface area contributed by atoms with Crippen molar-refractivity contribution in [2.24, 2.45) is 5.10 Å². The highest BCUT2D eigenvalue weighted by molar-refractivity contribution is 9.10. The van der Waals surface area contributed by atoms with Gasteiger partial charge in [-0.3, -0.25) is 14.9 Å². The number of carbonyl (C=O) groups is 2. The smallest absolute Gasteiger partial charge is 0.343 e. The summed E-state index contributed by atoms with van der Waals surface area (Å²) in [4.78, 5) is 34.7. The molecule has 156 valence electrons. The number of rotatable bonds is 6. The number of hydrogen-bond acceptors (Lipinski definition) is 6. The van der Waals surface area contributed by atoms with Crippen LogP contribution >= 0.6 is 27.5 Å². The number of nitrogens with zero attached hydrogens (tertiary/aromatic N) is 2. The van der Waals surface area contributed by atoms with Gasteiger partial charge in [-0.15, -0.1) is 0 Å². The van der Waals surface area contributed by atoms with Gasteiger partial charge in [0.2, 0.25) is 0 Å². The molecule has 0 aromatic heterocycles. The van der Waals surface area contributed by atoms with Crippen molar-refractivity contribution in [3.63, 3.8) is 0 Å². The summed E-state index contributed by atoms with van der Waals surface area (Å²) in [5.41, 5.74) is 3.15. The Kier molecular flexibility index (Phi) is 7.11. The van der Waals surface area contributed by atoms with E-state index in [2.05, 4.69) is 26.5 Å². The Morgan fingerprint density at radius 3 is 2.32 bits per heavy atom. The summed E-state index contributed by atoms with van der Waals surface area (Å²) in [7, 11) is 0. The number of nitrogens with one attached hydrogen (secondary N) is 1. The van der Waals surface area contributed by atoms with Crippen LogP contribution in [0.25, 0.3) is 0 Å². The number of hydrazone groups is 1. The molecule has 0 aliphatic heterocycles.